The van der Waals surface area contributed by atoms with Crippen LogP contribution in [0.25, 0.3) is 17.0 Å². The molecule has 1 aromatic carbocycles. The van der Waals surface area contributed by atoms with E-state index >= 15 is 0 Å². The number of fused-ring (bicyclic) bond motifs is 1. The van der Waals surface area contributed by atoms with Gasteiger partial charge in [-0.05, 0) is 43.2 Å². The van der Waals surface area contributed by atoms with Crippen molar-refractivity contribution in [3.8, 4) is 0 Å². The molecule has 0 amide bonds. The average Bonchev–Trinajstić information content (AvgIpc) is 2.93. The quantitative estimate of drug-likeness (QED) is 0.766. The number of carbonyl (C=O) groups is 1. The monoisotopic (exact) mass is 286 g/mol. The van der Waals surface area contributed by atoms with Gasteiger partial charge in [0.2, 0.25) is 0 Å². The third-order valence-electron chi connectivity index (χ3n) is 3.09. The number of nitrogens with two attached hydrogens (primary N) is 1. The number of furan rings is 1. The lowest BCUT2D eigenvalue weighted by Crippen LogP contribution is -2.19. The Kier molecular flexibility index (Phi) is 5.29. The van der Waals surface area contributed by atoms with Gasteiger partial charge in [0.1, 0.15) is 11.6 Å². The third-order valence-corrected chi connectivity index (χ3v) is 3.09. The number of hydrogen-bond donors (Lipinski definition) is 2. The molecule has 0 radical (unpaired) electrons. The predicted octanol–water partition coefficient (Wildman–Crippen LogP) is 2.71. The van der Waals surface area contributed by atoms with Crippen molar-refractivity contribution in [2.75, 3.05) is 6.54 Å². The number of carboxylic acids is 1. The Morgan fingerprint density at radius 3 is 3.05 bits per heavy atom. The summed E-state index contributed by atoms with van der Waals surface area (Å²) < 4.78 is 5.32. The summed E-state index contributed by atoms with van der Waals surface area (Å²) in [7, 11) is 0. The van der Waals surface area contributed by atoms with Crippen LogP contribution in [0.1, 0.15) is 18.4 Å². The van der Waals surface area contributed by atoms with Gasteiger partial charge in [0, 0.05) is 11.6 Å². The van der Waals surface area contributed by atoms with Gasteiger partial charge in [-0.3, -0.25) is 4.99 Å². The molecule has 110 valence electrons. The van der Waals surface area contributed by atoms with Gasteiger partial charge in [-0.1, -0.05) is 18.2 Å². The Bertz CT molecular complexity index is 658. The Morgan fingerprint density at radius 1 is 1.43 bits per heavy atom. The molecule has 0 saturated heterocycles. The van der Waals surface area contributed by atoms with E-state index in [9.17, 15) is 4.79 Å². The van der Waals surface area contributed by atoms with Crippen LogP contribution in [0.3, 0.4) is 0 Å². The van der Waals surface area contributed by atoms with Crippen molar-refractivity contribution in [3.63, 3.8) is 0 Å². The van der Waals surface area contributed by atoms with Crippen molar-refractivity contribution >= 4 is 29.2 Å². The van der Waals surface area contributed by atoms with E-state index in [0.29, 0.717) is 19.4 Å². The van der Waals surface area contributed by atoms with Crippen LogP contribution in [0.2, 0.25) is 0 Å². The summed E-state index contributed by atoms with van der Waals surface area (Å²) in [4.78, 5) is 15.0. The van der Waals surface area contributed by atoms with Gasteiger partial charge in [0.15, 0.2) is 0 Å². The van der Waals surface area contributed by atoms with Gasteiger partial charge < -0.3 is 15.3 Å². The van der Waals surface area contributed by atoms with Crippen LogP contribution >= 0.6 is 0 Å². The third kappa shape index (κ3) is 4.29. The van der Waals surface area contributed by atoms with Crippen LogP contribution in [-0.2, 0) is 4.79 Å². The van der Waals surface area contributed by atoms with Crippen molar-refractivity contribution in [1.29, 1.82) is 0 Å². The molecule has 2 rings (SSSR count). The van der Waals surface area contributed by atoms with E-state index < -0.39 is 12.0 Å². The summed E-state index contributed by atoms with van der Waals surface area (Å²) in [5.74, 6) is -0.926. The summed E-state index contributed by atoms with van der Waals surface area (Å²) in [5.41, 5.74) is 7.17. The highest BCUT2D eigenvalue weighted by atomic mass is 16.4. The topological polar surface area (TPSA) is 88.8 Å². The van der Waals surface area contributed by atoms with Crippen LogP contribution in [0, 0.1) is 0 Å². The van der Waals surface area contributed by atoms with Crippen molar-refractivity contribution in [3.05, 3.63) is 42.2 Å². The van der Waals surface area contributed by atoms with E-state index in [1.54, 1.807) is 12.3 Å². The van der Waals surface area contributed by atoms with Crippen molar-refractivity contribution < 1.29 is 14.3 Å². The maximum Gasteiger partial charge on any atom is 0.328 e. The molecule has 0 spiro atoms. The Hall–Kier alpha value is -2.40. The highest BCUT2D eigenvalue weighted by Gasteiger charge is 2.13. The molecular weight excluding hydrogens is 268 g/mol. The molecule has 1 aromatic heterocycles. The Balaban J connectivity index is 1.99. The van der Waals surface area contributed by atoms with Crippen LogP contribution in [0.15, 0.2) is 46.0 Å². The number of nitrogens with zero attached hydrogens (tertiary/aromatic N) is 1. The maximum absolute atomic E-state index is 11.0. The van der Waals surface area contributed by atoms with E-state index in [0.717, 1.165) is 16.5 Å². The minimum absolute atomic E-state index is 0.453. The van der Waals surface area contributed by atoms with Crippen molar-refractivity contribution in [1.82, 2.24) is 0 Å². The normalized spacial score (nSPS) is 13.4. The minimum atomic E-state index is -0.926. The number of rotatable bonds is 7. The van der Waals surface area contributed by atoms with E-state index in [2.05, 4.69) is 4.99 Å². The molecule has 0 bridgehead atoms. The molecular formula is C16H18N2O3. The van der Waals surface area contributed by atoms with Gasteiger partial charge in [-0.25, -0.2) is 4.79 Å². The molecule has 0 aliphatic carbocycles. The largest absolute Gasteiger partial charge is 0.480 e. The number of carboxylic acid groups (broad SMARTS) is 1. The molecule has 0 unspecified atom stereocenters. The first kappa shape index (κ1) is 15.0. The molecule has 0 saturated carbocycles. The predicted molar refractivity (Wildman–Crippen MR) is 83.5 cm³/mol. The lowest BCUT2D eigenvalue weighted by molar-refractivity contribution is -0.138. The fourth-order valence-corrected chi connectivity index (χ4v) is 1.96. The molecule has 0 aliphatic heterocycles. The summed E-state index contributed by atoms with van der Waals surface area (Å²) in [6.45, 7) is 0.471. The zero-order valence-electron chi connectivity index (χ0n) is 11.6. The smallest absolute Gasteiger partial charge is 0.328 e. The van der Waals surface area contributed by atoms with Crippen LogP contribution in [0.5, 0.6) is 0 Å². The highest BCUT2D eigenvalue weighted by molar-refractivity contribution is 5.84. The second kappa shape index (κ2) is 7.40. The first-order chi connectivity index (χ1) is 10.2. The average molecular weight is 286 g/mol. The van der Waals surface area contributed by atoms with Crippen LogP contribution < -0.4 is 5.73 Å². The van der Waals surface area contributed by atoms with E-state index in [4.69, 9.17) is 15.3 Å². The van der Waals surface area contributed by atoms with Gasteiger partial charge >= 0.3 is 5.97 Å². The van der Waals surface area contributed by atoms with Gasteiger partial charge in [-0.15, -0.1) is 0 Å². The summed E-state index contributed by atoms with van der Waals surface area (Å²) in [5, 5.41) is 10.1. The fraction of sp³-hybridized carbons (Fsp3) is 0.250. The van der Waals surface area contributed by atoms with Crippen LogP contribution in [0.4, 0.5) is 0 Å². The Labute approximate surface area is 122 Å². The number of allylic oxidation sites excluding steroid dienone is 1. The molecule has 0 aliphatic rings. The van der Waals surface area contributed by atoms with Crippen molar-refractivity contribution in [2.45, 2.75) is 18.9 Å². The van der Waals surface area contributed by atoms with Gasteiger partial charge in [-0.2, -0.15) is 0 Å². The Morgan fingerprint density at radius 2 is 2.29 bits per heavy atom. The molecule has 21 heavy (non-hydrogen) atoms. The highest BCUT2D eigenvalue weighted by Crippen LogP contribution is 2.17. The summed E-state index contributed by atoms with van der Waals surface area (Å²) in [6, 6.07) is 7.02. The van der Waals surface area contributed by atoms with E-state index in [1.165, 1.54) is 6.21 Å². The van der Waals surface area contributed by atoms with Crippen LogP contribution in [-0.4, -0.2) is 29.9 Å². The first-order valence-corrected chi connectivity index (χ1v) is 6.80. The SMILES string of the molecule is NCCC[C@H](N=C/C=C/c1ccc2ccoc2c1)C(=O)O. The van der Waals surface area contributed by atoms with Crippen molar-refractivity contribution in [2.24, 2.45) is 10.7 Å². The zero-order valence-corrected chi connectivity index (χ0v) is 11.6. The van der Waals surface area contributed by atoms with E-state index in [-0.39, 0.29) is 0 Å². The maximum atomic E-state index is 11.0. The lowest BCUT2D eigenvalue weighted by Gasteiger charge is -2.04. The minimum Gasteiger partial charge on any atom is -0.480 e. The first-order valence-electron chi connectivity index (χ1n) is 6.80. The molecule has 1 heterocycles. The van der Waals surface area contributed by atoms with E-state index in [1.807, 2.05) is 30.3 Å². The molecule has 5 nitrogen and oxygen atoms in total. The standard InChI is InChI=1S/C16H18N2O3/c17-8-1-4-14(16(19)20)18-9-2-3-12-5-6-13-7-10-21-15(13)11-12/h2-3,5-7,9-11,14H,1,4,8,17H2,(H,19,20)/b3-2+,18-9?/t14-/m0/s1. The number of aliphatic carboxylic acids is 1. The number of hydrogen-bond acceptors (Lipinski definition) is 4. The molecule has 5 heteroatoms. The second-order valence-corrected chi connectivity index (χ2v) is 4.66. The lowest BCUT2D eigenvalue weighted by atomic mass is 10.1. The molecule has 3 N–H and O–H groups in total. The molecule has 0 fully saturated rings. The summed E-state index contributed by atoms with van der Waals surface area (Å²) >= 11 is 0. The molecule has 1 atom stereocenters. The van der Waals surface area contributed by atoms with Gasteiger partial charge in [0.05, 0.1) is 6.26 Å². The number of benzene rings is 1. The second-order valence-electron chi connectivity index (χ2n) is 4.66. The fourth-order valence-electron chi connectivity index (χ4n) is 1.96. The number of aliphatic imine (C=N–C) groups is 1. The van der Waals surface area contributed by atoms with Gasteiger partial charge in [0.25, 0.3) is 0 Å². The zero-order chi connectivity index (χ0) is 15.1. The molecule has 2 aromatic rings. The summed E-state index contributed by atoms with van der Waals surface area (Å²) in [6.07, 6.45) is 7.84.